The number of hydrogen-bond donors (Lipinski definition) is 1. The highest BCUT2D eigenvalue weighted by Crippen LogP contribution is 2.08. The molecule has 0 bridgehead atoms. The highest BCUT2D eigenvalue weighted by molar-refractivity contribution is 6.30. The van der Waals surface area contributed by atoms with E-state index < -0.39 is 0 Å². The van der Waals surface area contributed by atoms with Crippen LogP contribution in [0.1, 0.15) is 18.9 Å². The molecule has 2 nitrogen and oxygen atoms in total. The van der Waals surface area contributed by atoms with Gasteiger partial charge in [-0.05, 0) is 19.1 Å². The predicted octanol–water partition coefficient (Wildman–Crippen LogP) is 1.83. The maximum absolute atomic E-state index is 5.80. The quantitative estimate of drug-likeness (QED) is 0.708. The van der Waals surface area contributed by atoms with Gasteiger partial charge in [-0.15, -0.1) is 0 Å². The lowest BCUT2D eigenvalue weighted by molar-refractivity contribution is -0.671. The van der Waals surface area contributed by atoms with Crippen LogP contribution in [0.3, 0.4) is 0 Å². The molecule has 0 atom stereocenters. The first kappa shape index (κ1) is 12.5. The molecule has 0 aromatic heterocycles. The summed E-state index contributed by atoms with van der Waals surface area (Å²) in [6.07, 6.45) is 1.11. The zero-order chi connectivity index (χ0) is 10.9. The fraction of sp³-hybridized carbons (Fsp3) is 0.500. The molecule has 0 amide bonds. The number of halogens is 1. The summed E-state index contributed by atoms with van der Waals surface area (Å²) in [4.78, 5) is 0. The van der Waals surface area contributed by atoms with Gasteiger partial charge in [-0.2, -0.15) is 0 Å². The van der Waals surface area contributed by atoms with Crippen LogP contribution in [0, 0.1) is 0 Å². The molecule has 0 aliphatic carbocycles. The number of rotatable bonds is 7. The van der Waals surface area contributed by atoms with E-state index in [4.69, 9.17) is 16.3 Å². The zero-order valence-corrected chi connectivity index (χ0v) is 9.96. The lowest BCUT2D eigenvalue weighted by Gasteiger charge is -2.02. The van der Waals surface area contributed by atoms with Crippen molar-refractivity contribution >= 4 is 11.6 Å². The lowest BCUT2D eigenvalue weighted by atomic mass is 10.2. The maximum atomic E-state index is 5.80. The summed E-state index contributed by atoms with van der Waals surface area (Å²) in [5.74, 6) is 0. The highest BCUT2D eigenvalue weighted by atomic mass is 35.5. The molecular formula is C12H19ClNO+. The first-order chi connectivity index (χ1) is 7.33. The van der Waals surface area contributed by atoms with Crippen LogP contribution >= 0.6 is 11.6 Å². The minimum absolute atomic E-state index is 0.801. The van der Waals surface area contributed by atoms with E-state index in [0.717, 1.165) is 37.7 Å². The molecule has 2 N–H and O–H groups in total. The van der Waals surface area contributed by atoms with Gasteiger partial charge in [0.2, 0.25) is 0 Å². The van der Waals surface area contributed by atoms with Crippen molar-refractivity contribution in [3.63, 3.8) is 0 Å². The Morgan fingerprint density at radius 1 is 1.27 bits per heavy atom. The fourth-order valence-electron chi connectivity index (χ4n) is 1.36. The average Bonchev–Trinajstić information content (AvgIpc) is 2.26. The van der Waals surface area contributed by atoms with E-state index in [2.05, 4.69) is 17.4 Å². The number of ether oxygens (including phenoxy) is 1. The largest absolute Gasteiger partial charge is 0.382 e. The molecule has 1 aromatic carbocycles. The van der Waals surface area contributed by atoms with Gasteiger partial charge in [-0.3, -0.25) is 0 Å². The van der Waals surface area contributed by atoms with Crippen molar-refractivity contribution in [3.05, 3.63) is 34.9 Å². The minimum atomic E-state index is 0.801. The van der Waals surface area contributed by atoms with Gasteiger partial charge >= 0.3 is 0 Å². The molecule has 0 aliphatic heterocycles. The van der Waals surface area contributed by atoms with Crippen LogP contribution in [0.25, 0.3) is 0 Å². The molecule has 3 heteroatoms. The van der Waals surface area contributed by atoms with Crippen molar-refractivity contribution in [2.75, 3.05) is 19.8 Å². The molecule has 0 saturated heterocycles. The summed E-state index contributed by atoms with van der Waals surface area (Å²) >= 11 is 5.80. The molecule has 0 radical (unpaired) electrons. The van der Waals surface area contributed by atoms with Gasteiger partial charge in [0, 0.05) is 23.6 Å². The van der Waals surface area contributed by atoms with Gasteiger partial charge in [-0.1, -0.05) is 23.7 Å². The topological polar surface area (TPSA) is 25.8 Å². The van der Waals surface area contributed by atoms with Crippen molar-refractivity contribution in [1.82, 2.24) is 0 Å². The zero-order valence-electron chi connectivity index (χ0n) is 9.21. The Morgan fingerprint density at radius 2 is 2.00 bits per heavy atom. The summed E-state index contributed by atoms with van der Waals surface area (Å²) in [6, 6.07) is 8.01. The third-order valence-electron chi connectivity index (χ3n) is 2.19. The Balaban J connectivity index is 2.07. The van der Waals surface area contributed by atoms with Crippen LogP contribution in [0.2, 0.25) is 5.02 Å². The van der Waals surface area contributed by atoms with Gasteiger partial charge < -0.3 is 10.1 Å². The van der Waals surface area contributed by atoms with Crippen LogP contribution in [0.5, 0.6) is 0 Å². The fourth-order valence-corrected chi connectivity index (χ4v) is 1.49. The van der Waals surface area contributed by atoms with Gasteiger partial charge in [0.1, 0.15) is 6.54 Å². The standard InChI is InChI=1S/C12H18ClNO/c1-2-15-9-3-8-14-10-11-4-6-12(13)7-5-11/h4-7,14H,2-3,8-10H2,1H3/p+1. The van der Waals surface area contributed by atoms with Crippen LogP contribution in [0.15, 0.2) is 24.3 Å². The van der Waals surface area contributed by atoms with Gasteiger partial charge in [-0.25, -0.2) is 0 Å². The number of nitrogens with two attached hydrogens (primary N) is 1. The van der Waals surface area contributed by atoms with Gasteiger partial charge in [0.25, 0.3) is 0 Å². The van der Waals surface area contributed by atoms with E-state index in [1.165, 1.54) is 5.56 Å². The second kappa shape index (κ2) is 7.69. The molecule has 84 valence electrons. The second-order valence-corrected chi connectivity index (χ2v) is 3.89. The molecule has 1 aromatic rings. The Hall–Kier alpha value is -0.570. The Bertz CT molecular complexity index is 261. The van der Waals surface area contributed by atoms with E-state index in [1.807, 2.05) is 19.1 Å². The second-order valence-electron chi connectivity index (χ2n) is 3.46. The lowest BCUT2D eigenvalue weighted by Crippen LogP contribution is -2.82. The van der Waals surface area contributed by atoms with Crippen molar-refractivity contribution in [2.24, 2.45) is 0 Å². The van der Waals surface area contributed by atoms with E-state index >= 15 is 0 Å². The summed E-state index contributed by atoms with van der Waals surface area (Å²) in [6.45, 7) is 5.84. The van der Waals surface area contributed by atoms with Crippen LogP contribution in [0.4, 0.5) is 0 Å². The summed E-state index contributed by atoms with van der Waals surface area (Å²) < 4.78 is 5.26. The maximum Gasteiger partial charge on any atom is 0.101 e. The van der Waals surface area contributed by atoms with Gasteiger partial charge in [0.05, 0.1) is 13.2 Å². The summed E-state index contributed by atoms with van der Waals surface area (Å²) in [5.41, 5.74) is 1.32. The van der Waals surface area contributed by atoms with E-state index in [-0.39, 0.29) is 0 Å². The average molecular weight is 229 g/mol. The summed E-state index contributed by atoms with van der Waals surface area (Å²) in [5, 5.41) is 3.09. The Labute approximate surface area is 96.6 Å². The molecule has 1 rings (SSSR count). The third kappa shape index (κ3) is 5.78. The normalized spacial score (nSPS) is 10.5. The van der Waals surface area contributed by atoms with Crippen molar-refractivity contribution in [1.29, 1.82) is 0 Å². The van der Waals surface area contributed by atoms with Crippen molar-refractivity contribution in [3.8, 4) is 0 Å². The van der Waals surface area contributed by atoms with E-state index in [9.17, 15) is 0 Å². The predicted molar refractivity (Wildman–Crippen MR) is 63.1 cm³/mol. The molecule has 0 spiro atoms. The van der Waals surface area contributed by atoms with Crippen LogP contribution in [-0.2, 0) is 11.3 Å². The SMILES string of the molecule is CCOCCC[NH2+]Cc1ccc(Cl)cc1. The molecule has 0 fully saturated rings. The van der Waals surface area contributed by atoms with E-state index in [0.29, 0.717) is 0 Å². The smallest absolute Gasteiger partial charge is 0.101 e. The van der Waals surface area contributed by atoms with E-state index in [1.54, 1.807) is 0 Å². The molecular weight excluding hydrogens is 210 g/mol. The Morgan fingerprint density at radius 3 is 2.67 bits per heavy atom. The first-order valence-electron chi connectivity index (χ1n) is 5.46. The molecule has 0 aliphatic rings. The summed E-state index contributed by atoms with van der Waals surface area (Å²) in [7, 11) is 0. The molecule has 0 heterocycles. The third-order valence-corrected chi connectivity index (χ3v) is 2.45. The first-order valence-corrected chi connectivity index (χ1v) is 5.84. The highest BCUT2D eigenvalue weighted by Gasteiger charge is 1.95. The monoisotopic (exact) mass is 228 g/mol. The van der Waals surface area contributed by atoms with Crippen LogP contribution < -0.4 is 5.32 Å². The van der Waals surface area contributed by atoms with Crippen molar-refractivity contribution < 1.29 is 10.1 Å². The number of benzene rings is 1. The molecule has 0 saturated carbocycles. The number of hydrogen-bond acceptors (Lipinski definition) is 1. The van der Waals surface area contributed by atoms with Crippen molar-refractivity contribution in [2.45, 2.75) is 19.9 Å². The van der Waals surface area contributed by atoms with Crippen LogP contribution in [-0.4, -0.2) is 19.8 Å². The number of quaternary nitrogens is 1. The molecule has 15 heavy (non-hydrogen) atoms. The Kier molecular flexibility index (Phi) is 6.41. The minimum Gasteiger partial charge on any atom is -0.382 e. The van der Waals surface area contributed by atoms with Gasteiger partial charge in [0.15, 0.2) is 0 Å². The molecule has 0 unspecified atom stereocenters.